The first-order valence-corrected chi connectivity index (χ1v) is 14.9. The smallest absolute Gasteiger partial charge is 0.168 e. The summed E-state index contributed by atoms with van der Waals surface area (Å²) in [5.41, 5.74) is -0.216. The molecule has 5 atom stereocenters. The van der Waals surface area contributed by atoms with Gasteiger partial charge in [-0.2, -0.15) is 0 Å². The second-order valence-electron chi connectivity index (χ2n) is 8.93. The standard InChI is InChI=1S/C30H28O3P2.Rh/c31-27-28(34(22-13-5-1-6-14-22)23-15-7-2-8-16-23)26-21-32-30(33-26)29(27)35(24-17-9-3-10-18-24)25-19-11-4-12-20-25;/h1-20,26-31H,21H2;/t26-,27+,28-,29-,30-;/m1./s1. The minimum atomic E-state index is -0.906. The molecule has 1 radical (unpaired) electrons. The predicted molar refractivity (Wildman–Crippen MR) is 146 cm³/mol. The van der Waals surface area contributed by atoms with Crippen LogP contribution < -0.4 is 21.2 Å². The van der Waals surface area contributed by atoms with Gasteiger partial charge in [0.25, 0.3) is 0 Å². The van der Waals surface area contributed by atoms with Gasteiger partial charge in [-0.25, -0.2) is 0 Å². The molecule has 0 spiro atoms. The maximum atomic E-state index is 12.3. The summed E-state index contributed by atoms with van der Waals surface area (Å²) in [4.78, 5) is 0. The molecule has 3 nitrogen and oxygen atoms in total. The molecule has 2 fully saturated rings. The summed E-state index contributed by atoms with van der Waals surface area (Å²) in [6.07, 6.45) is -1.08. The first-order valence-electron chi connectivity index (χ1n) is 12.0. The molecule has 2 saturated heterocycles. The van der Waals surface area contributed by atoms with E-state index < -0.39 is 28.2 Å². The van der Waals surface area contributed by atoms with E-state index in [1.54, 1.807) is 0 Å². The summed E-state index contributed by atoms with van der Waals surface area (Å²) < 4.78 is 12.9. The SMILES string of the molecule is O[C@@H]1[C@@H](P(c2ccccc2)c2ccccc2)[C@@H]2OC[C@@H](O2)[C@H]1P(c1ccccc1)c1ccccc1.[Rh]. The van der Waals surface area contributed by atoms with Crippen molar-refractivity contribution in [1.82, 2.24) is 0 Å². The molecule has 0 aromatic heterocycles. The van der Waals surface area contributed by atoms with Crippen LogP contribution in [0.15, 0.2) is 121 Å². The van der Waals surface area contributed by atoms with Crippen LogP contribution in [-0.4, -0.2) is 41.5 Å². The van der Waals surface area contributed by atoms with Crippen molar-refractivity contribution in [2.24, 2.45) is 0 Å². The van der Waals surface area contributed by atoms with E-state index >= 15 is 0 Å². The fraction of sp³-hybridized carbons (Fsp3) is 0.200. The molecule has 0 amide bonds. The van der Waals surface area contributed by atoms with Crippen LogP contribution in [0.5, 0.6) is 0 Å². The van der Waals surface area contributed by atoms with E-state index in [0.29, 0.717) is 6.61 Å². The van der Waals surface area contributed by atoms with Crippen molar-refractivity contribution in [3.8, 4) is 0 Å². The quantitative estimate of drug-likeness (QED) is 0.268. The van der Waals surface area contributed by atoms with Crippen molar-refractivity contribution in [1.29, 1.82) is 0 Å². The molecule has 2 aliphatic rings. The molecule has 6 rings (SSSR count). The third-order valence-electron chi connectivity index (χ3n) is 6.83. The van der Waals surface area contributed by atoms with Crippen molar-refractivity contribution in [3.05, 3.63) is 121 Å². The molecule has 185 valence electrons. The summed E-state index contributed by atoms with van der Waals surface area (Å²) in [6.45, 7) is 0.522. The van der Waals surface area contributed by atoms with Crippen LogP contribution in [0.3, 0.4) is 0 Å². The third kappa shape index (κ3) is 5.01. The van der Waals surface area contributed by atoms with Gasteiger partial charge in [-0.3, -0.25) is 0 Å². The zero-order valence-corrected chi connectivity index (χ0v) is 23.1. The molecule has 1 N–H and O–H groups in total. The van der Waals surface area contributed by atoms with Crippen molar-refractivity contribution >= 4 is 37.1 Å². The van der Waals surface area contributed by atoms with Crippen LogP contribution in [0.4, 0.5) is 0 Å². The van der Waals surface area contributed by atoms with Gasteiger partial charge in [0, 0.05) is 25.1 Å². The van der Waals surface area contributed by atoms with Gasteiger partial charge in [-0.15, -0.1) is 0 Å². The molecule has 2 heterocycles. The van der Waals surface area contributed by atoms with Crippen molar-refractivity contribution in [2.75, 3.05) is 6.61 Å². The Morgan fingerprint density at radius 3 is 1.31 bits per heavy atom. The van der Waals surface area contributed by atoms with Gasteiger partial charge >= 0.3 is 0 Å². The Labute approximate surface area is 228 Å². The van der Waals surface area contributed by atoms with Crippen molar-refractivity contribution in [3.63, 3.8) is 0 Å². The summed E-state index contributed by atoms with van der Waals surface area (Å²) in [7, 11) is -1.77. The molecule has 6 heteroatoms. The third-order valence-corrected chi connectivity index (χ3v) is 12.6. The summed E-state index contributed by atoms with van der Waals surface area (Å²) >= 11 is 0. The van der Waals surface area contributed by atoms with Gasteiger partial charge in [0.1, 0.15) is 0 Å². The molecule has 0 aliphatic carbocycles. The first kappa shape index (κ1) is 25.9. The summed E-state index contributed by atoms with van der Waals surface area (Å²) in [5.74, 6) is 0. The number of aliphatic hydroxyl groups is 1. The molecule has 0 unspecified atom stereocenters. The molecular formula is C30H28O3P2Rh. The van der Waals surface area contributed by atoms with E-state index in [-0.39, 0.29) is 36.9 Å². The van der Waals surface area contributed by atoms with Gasteiger partial charge in [0.2, 0.25) is 0 Å². The zero-order chi connectivity index (χ0) is 23.6. The molecule has 36 heavy (non-hydrogen) atoms. The minimum absolute atomic E-state index is 0. The molecule has 0 saturated carbocycles. The number of hydrogen-bond donors (Lipinski definition) is 1. The van der Waals surface area contributed by atoms with Crippen LogP contribution >= 0.6 is 15.8 Å². The number of ether oxygens (including phenoxy) is 2. The Morgan fingerprint density at radius 2 is 0.917 bits per heavy atom. The Morgan fingerprint density at radius 1 is 0.556 bits per heavy atom. The number of aliphatic hydroxyl groups excluding tert-OH is 1. The monoisotopic (exact) mass is 601 g/mol. The Balaban J connectivity index is 0.00000267. The fourth-order valence-electron chi connectivity index (χ4n) is 5.32. The number of hydrogen-bond acceptors (Lipinski definition) is 3. The minimum Gasteiger partial charge on any atom is -0.391 e. The van der Waals surface area contributed by atoms with E-state index in [1.807, 2.05) is 12.1 Å². The van der Waals surface area contributed by atoms with Crippen LogP contribution in [0.25, 0.3) is 0 Å². The van der Waals surface area contributed by atoms with E-state index in [1.165, 1.54) is 21.2 Å². The Kier molecular flexibility index (Phi) is 8.44. The normalized spacial score (nSPS) is 25.0. The topological polar surface area (TPSA) is 38.7 Å². The van der Waals surface area contributed by atoms with Gasteiger partial charge in [-0.05, 0) is 37.1 Å². The number of fused-ring (bicyclic) bond motifs is 2. The Hall–Kier alpha value is -1.76. The molecular weight excluding hydrogens is 573 g/mol. The van der Waals surface area contributed by atoms with Crippen molar-refractivity contribution < 1.29 is 34.1 Å². The van der Waals surface area contributed by atoms with E-state index in [9.17, 15) is 5.11 Å². The van der Waals surface area contributed by atoms with Crippen LogP contribution in [-0.2, 0) is 29.0 Å². The summed E-state index contributed by atoms with van der Waals surface area (Å²) in [6, 6.07) is 42.4. The van der Waals surface area contributed by atoms with Gasteiger partial charge in [-0.1, -0.05) is 121 Å². The maximum absolute atomic E-state index is 12.3. The predicted octanol–water partition coefficient (Wildman–Crippen LogP) is 4.10. The van der Waals surface area contributed by atoms with Crippen LogP contribution in [0.2, 0.25) is 0 Å². The summed E-state index contributed by atoms with van der Waals surface area (Å²) in [5, 5.41) is 17.3. The zero-order valence-electron chi connectivity index (χ0n) is 19.6. The number of rotatable bonds is 6. The van der Waals surface area contributed by atoms with Gasteiger partial charge in [0.15, 0.2) is 6.29 Å². The fourth-order valence-corrected chi connectivity index (χ4v) is 11.3. The Bertz CT molecular complexity index is 1050. The second-order valence-corrected chi connectivity index (χ2v) is 13.7. The van der Waals surface area contributed by atoms with Crippen molar-refractivity contribution in [2.45, 2.75) is 29.8 Å². The average molecular weight is 601 g/mol. The van der Waals surface area contributed by atoms with E-state index in [2.05, 4.69) is 109 Å². The second kappa shape index (κ2) is 11.7. The van der Waals surface area contributed by atoms with Crippen LogP contribution in [0, 0.1) is 0 Å². The molecule has 4 aromatic carbocycles. The number of benzene rings is 4. The van der Waals surface area contributed by atoms with E-state index in [4.69, 9.17) is 9.47 Å². The molecule has 2 bridgehead atoms. The average Bonchev–Trinajstić information content (AvgIpc) is 3.36. The van der Waals surface area contributed by atoms with Crippen LogP contribution in [0.1, 0.15) is 0 Å². The van der Waals surface area contributed by atoms with Gasteiger partial charge in [0.05, 0.1) is 24.5 Å². The first-order chi connectivity index (χ1) is 17.3. The largest absolute Gasteiger partial charge is 0.391 e. The maximum Gasteiger partial charge on any atom is 0.168 e. The van der Waals surface area contributed by atoms with Gasteiger partial charge < -0.3 is 14.6 Å². The van der Waals surface area contributed by atoms with E-state index in [0.717, 1.165) is 0 Å². The molecule has 2 aliphatic heterocycles. The molecule has 4 aromatic rings.